The van der Waals surface area contributed by atoms with Gasteiger partial charge in [-0.05, 0) is 108 Å². The van der Waals surface area contributed by atoms with Crippen LogP contribution in [0.15, 0.2) is 115 Å². The third-order valence-corrected chi connectivity index (χ3v) is 11.3. The van der Waals surface area contributed by atoms with E-state index in [1.165, 1.54) is 28.7 Å². The lowest BCUT2D eigenvalue weighted by atomic mass is 9.88. The van der Waals surface area contributed by atoms with Gasteiger partial charge in [-0.1, -0.05) is 91.3 Å². The van der Waals surface area contributed by atoms with E-state index in [0.717, 1.165) is 60.5 Å². The molecular weight excluding hydrogens is 944 g/mol. The zero-order valence-corrected chi connectivity index (χ0v) is 40.1. The van der Waals surface area contributed by atoms with Crippen molar-refractivity contribution in [1.29, 1.82) is 0 Å². The van der Waals surface area contributed by atoms with Crippen molar-refractivity contribution in [2.24, 2.45) is 0 Å². The summed E-state index contributed by atoms with van der Waals surface area (Å²) in [6.45, 7) is 5.29. The Balaban J connectivity index is 0.000000274. The number of nitrogens with zero attached hydrogens (tertiary/aromatic N) is 2. The third-order valence-electron chi connectivity index (χ3n) is 9.97. The van der Waals surface area contributed by atoms with Crippen molar-refractivity contribution >= 4 is 68.4 Å². The van der Waals surface area contributed by atoms with Gasteiger partial charge < -0.3 is 39.9 Å². The molecule has 20 heteroatoms. The van der Waals surface area contributed by atoms with Crippen molar-refractivity contribution in [2.75, 3.05) is 40.9 Å². The second-order valence-corrected chi connectivity index (χ2v) is 17.6. The summed E-state index contributed by atoms with van der Waals surface area (Å²) in [4.78, 5) is 48.4. The molecule has 4 aromatic carbocycles. The minimum absolute atomic E-state index is 0.262. The van der Waals surface area contributed by atoms with Crippen molar-refractivity contribution in [3.63, 3.8) is 0 Å². The van der Waals surface area contributed by atoms with Crippen LogP contribution in [0.3, 0.4) is 0 Å². The maximum absolute atomic E-state index is 12.3. The van der Waals surface area contributed by atoms with Crippen LogP contribution in [0.1, 0.15) is 64.9 Å². The molecule has 0 amide bonds. The van der Waals surface area contributed by atoms with Gasteiger partial charge in [0.1, 0.15) is 24.1 Å². The van der Waals surface area contributed by atoms with E-state index in [0.29, 0.717) is 11.6 Å². The highest BCUT2D eigenvalue weighted by molar-refractivity contribution is 7.79. The maximum atomic E-state index is 12.3. The summed E-state index contributed by atoms with van der Waals surface area (Å²) in [7, 11) is 0.829. The Bertz CT molecular complexity index is 2560. The quantitative estimate of drug-likeness (QED) is 0.0287. The fraction of sp³-hybridized carbons (Fsp3) is 0.292. The van der Waals surface area contributed by atoms with Crippen LogP contribution in [-0.4, -0.2) is 123 Å². The summed E-state index contributed by atoms with van der Waals surface area (Å²) >= 11 is 8.07. The average Bonchev–Trinajstić information content (AvgIpc) is 3.74. The first kappa shape index (κ1) is 56.2. The van der Waals surface area contributed by atoms with E-state index >= 15 is 0 Å². The van der Waals surface area contributed by atoms with Crippen LogP contribution in [0.5, 0.6) is 11.5 Å². The summed E-state index contributed by atoms with van der Waals surface area (Å²) < 4.78 is 42.4. The number of carbonyl (C=O) groups is 4. The predicted octanol–water partition coefficient (Wildman–Crippen LogP) is 7.47. The number of phenols is 1. The van der Waals surface area contributed by atoms with Crippen molar-refractivity contribution < 1.29 is 71.7 Å². The van der Waals surface area contributed by atoms with Crippen LogP contribution in [0, 0.1) is 0 Å². The Morgan fingerprint density at radius 1 is 0.838 bits per heavy atom. The average molecular weight is 1000 g/mol. The lowest BCUT2D eigenvalue weighted by Crippen LogP contribution is -2.42. The molecule has 6 rings (SSSR count). The number of ether oxygens (including phenoxy) is 2. The summed E-state index contributed by atoms with van der Waals surface area (Å²) in [6, 6.07) is 35.3. The largest absolute Gasteiger partial charge is 0.508 e. The van der Waals surface area contributed by atoms with Gasteiger partial charge in [-0.2, -0.15) is 8.42 Å². The first-order valence-electron chi connectivity index (χ1n) is 20.7. The van der Waals surface area contributed by atoms with Crippen LogP contribution in [0.2, 0.25) is 5.02 Å². The van der Waals surface area contributed by atoms with E-state index in [4.69, 9.17) is 59.0 Å². The smallest absolute Gasteiger partial charge is 0.394 e. The molecule has 0 saturated heterocycles. The van der Waals surface area contributed by atoms with Crippen molar-refractivity contribution in [3.05, 3.63) is 152 Å². The Labute approximate surface area is 403 Å². The number of aliphatic carboxylic acids is 3. The molecule has 7 N–H and O–H groups in total. The number of thiophene rings is 1. The van der Waals surface area contributed by atoms with Gasteiger partial charge in [0, 0.05) is 29.5 Å². The maximum Gasteiger partial charge on any atom is 0.394 e. The van der Waals surface area contributed by atoms with Gasteiger partial charge in [-0.25, -0.2) is 9.59 Å². The summed E-state index contributed by atoms with van der Waals surface area (Å²) in [5, 5.41) is 46.6. The second kappa shape index (κ2) is 27.0. The molecule has 0 radical (unpaired) electrons. The lowest BCUT2D eigenvalue weighted by molar-refractivity contribution is -0.170. The molecule has 0 unspecified atom stereocenters. The molecule has 1 atom stereocenters. The monoisotopic (exact) mass is 998 g/mol. The highest BCUT2D eigenvalue weighted by Gasteiger charge is 2.41. The van der Waals surface area contributed by atoms with E-state index in [2.05, 4.69) is 70.6 Å². The second-order valence-electron chi connectivity index (χ2n) is 15.3. The molecule has 1 aromatic heterocycles. The fourth-order valence-electron chi connectivity index (χ4n) is 6.89. The number of methoxy groups -OCH3 is 1. The molecular formula is C48H55ClN2O15S2. The molecule has 1 aliphatic rings. The molecule has 0 bridgehead atoms. The number of esters is 1. The minimum atomic E-state index is -4.67. The zero-order chi connectivity index (χ0) is 50.6. The van der Waals surface area contributed by atoms with E-state index in [1.807, 2.05) is 68.7 Å². The first-order valence-corrected chi connectivity index (χ1v) is 23.4. The minimum Gasteiger partial charge on any atom is -0.508 e. The number of carboxylic acids is 3. The van der Waals surface area contributed by atoms with E-state index in [-0.39, 0.29) is 11.7 Å². The number of likely N-dealkylation sites (N-methyl/N-ethyl adjacent to an activating group) is 1. The number of aliphatic hydroxyl groups is 1. The van der Waals surface area contributed by atoms with E-state index in [9.17, 15) is 24.3 Å². The Hall–Kier alpha value is -6.16. The number of fused-ring (bicyclic) bond motifs is 1. The zero-order valence-electron chi connectivity index (χ0n) is 37.7. The number of hydrogen-bond acceptors (Lipinski definition) is 13. The number of aromatic hydroxyl groups is 1. The van der Waals surface area contributed by atoms with Crippen molar-refractivity contribution in [3.8, 4) is 11.5 Å². The number of hydrogen-bond donors (Lipinski definition) is 7. The Kier molecular flexibility index (Phi) is 22.3. The number of phenolic OH excluding ortho intramolecular Hbond substituents is 1. The third kappa shape index (κ3) is 18.5. The van der Waals surface area contributed by atoms with Gasteiger partial charge in [-0.15, -0.1) is 11.3 Å². The standard InChI is InChI=1S/C26H29NO2.C16H16ClNO2S.C6H8O7.H2O4S/c1-4-25(20-9-6-5-7-10-20)26(22-11-8-12-23(28)19-22)21-13-15-24(16-14-21)29-18-17-27(2)3;1-20-16(19)15(12-4-2-3-5-13(12)17)18-8-6-14-11(10-18)7-9-21-14;7-3(8)1-6(13,5(11)12)2-4(9)10;1-5(2,3)4/h5-16,19,28H,4,17-18H2,1-3H3;2-5,7,9,15H,6,8,10H2,1H3;13H,1-2H2,(H,7,8)(H,9,10)(H,11,12);(H2,1,2,3,4)/b26-25+;;;/t;15-;;/m.0../s1. The molecule has 1 aliphatic heterocycles. The number of rotatable bonds is 16. The molecule has 0 fully saturated rings. The topological polar surface area (TPSA) is 269 Å². The SMILES string of the molecule is CC/C(=C(/c1ccc(OCCN(C)C)cc1)c1cccc(O)c1)c1ccccc1.COC(=O)[C@H](c1ccccc1Cl)N1CCc2sccc2C1.O=C(O)CC(O)(CC(=O)O)C(=O)O.O=S(=O)(O)O. The van der Waals surface area contributed by atoms with Gasteiger partial charge >= 0.3 is 34.3 Å². The predicted molar refractivity (Wildman–Crippen MR) is 257 cm³/mol. The Morgan fingerprint density at radius 3 is 1.96 bits per heavy atom. The fourth-order valence-corrected chi connectivity index (χ4v) is 8.02. The number of benzene rings is 4. The number of allylic oxidation sites excluding steroid dienone is 1. The summed E-state index contributed by atoms with van der Waals surface area (Å²) in [5.41, 5.74) is 5.06. The van der Waals surface area contributed by atoms with Crippen LogP contribution in [-0.2, 0) is 47.3 Å². The molecule has 5 aromatic rings. The highest BCUT2D eigenvalue weighted by Crippen LogP contribution is 2.37. The molecule has 68 heavy (non-hydrogen) atoms. The number of halogens is 1. The Morgan fingerprint density at radius 2 is 1.43 bits per heavy atom. The molecule has 17 nitrogen and oxygen atoms in total. The molecule has 0 saturated carbocycles. The van der Waals surface area contributed by atoms with Gasteiger partial charge in [-0.3, -0.25) is 23.6 Å². The highest BCUT2D eigenvalue weighted by atomic mass is 35.5. The normalized spacial score (nSPS) is 13.1. The first-order chi connectivity index (χ1) is 32.1. The molecule has 0 spiro atoms. The lowest BCUT2D eigenvalue weighted by Gasteiger charge is -2.33. The van der Waals surface area contributed by atoms with Gasteiger partial charge in [0.15, 0.2) is 5.60 Å². The number of carboxylic acid groups (broad SMARTS) is 3. The number of carbonyl (C=O) groups excluding carboxylic acids is 1. The molecule has 366 valence electrons. The van der Waals surface area contributed by atoms with Crippen LogP contribution >= 0.6 is 22.9 Å². The summed E-state index contributed by atoms with van der Waals surface area (Å²) in [6.07, 6.45) is -0.440. The summed E-state index contributed by atoms with van der Waals surface area (Å²) in [5.74, 6) is -4.15. The van der Waals surface area contributed by atoms with Gasteiger partial charge in [0.05, 0.1) is 20.0 Å². The van der Waals surface area contributed by atoms with Gasteiger partial charge in [0.2, 0.25) is 0 Å². The van der Waals surface area contributed by atoms with Crippen LogP contribution < -0.4 is 4.74 Å². The van der Waals surface area contributed by atoms with E-state index in [1.54, 1.807) is 17.4 Å². The van der Waals surface area contributed by atoms with E-state index < -0.39 is 52.8 Å². The van der Waals surface area contributed by atoms with Crippen molar-refractivity contribution in [2.45, 2.75) is 50.8 Å². The van der Waals surface area contributed by atoms with Crippen molar-refractivity contribution in [1.82, 2.24) is 9.80 Å². The molecule has 2 heterocycles. The van der Waals surface area contributed by atoms with Crippen LogP contribution in [0.25, 0.3) is 11.1 Å². The van der Waals surface area contributed by atoms with Gasteiger partial charge in [0.25, 0.3) is 0 Å². The molecule has 0 aliphatic carbocycles. The van der Waals surface area contributed by atoms with Crippen LogP contribution in [0.4, 0.5) is 0 Å².